The molecule has 2 rings (SSSR count). The van der Waals surface area contributed by atoms with Crippen molar-refractivity contribution in [1.29, 1.82) is 0 Å². The van der Waals surface area contributed by atoms with Gasteiger partial charge in [0.25, 0.3) is 0 Å². The quantitative estimate of drug-likeness (QED) is 0.416. The van der Waals surface area contributed by atoms with E-state index < -0.39 is 10.8 Å². The molecule has 2 bridgehead atoms. The molecule has 0 spiro atoms. The van der Waals surface area contributed by atoms with Crippen LogP contribution in [-0.4, -0.2) is 24.1 Å². The van der Waals surface area contributed by atoms with Gasteiger partial charge in [0.2, 0.25) is 0 Å². The van der Waals surface area contributed by atoms with Crippen LogP contribution in [0.1, 0.15) is 87.5 Å². The summed E-state index contributed by atoms with van der Waals surface area (Å²) in [5.74, 6) is -0.260. The first-order valence-electron chi connectivity index (χ1n) is 10.8. The smallest absolute Gasteiger partial charge is 0.314 e. The highest BCUT2D eigenvalue weighted by molar-refractivity contribution is 5.92. The van der Waals surface area contributed by atoms with Crippen molar-refractivity contribution in [3.05, 3.63) is 11.1 Å². The van der Waals surface area contributed by atoms with Gasteiger partial charge in [-0.15, -0.1) is 0 Å². The molecule has 0 amide bonds. The van der Waals surface area contributed by atoms with E-state index in [4.69, 9.17) is 9.47 Å². The number of carbonyl (C=O) groups is 2. The summed E-state index contributed by atoms with van der Waals surface area (Å²) < 4.78 is 11.6. The fourth-order valence-corrected chi connectivity index (χ4v) is 6.23. The van der Waals surface area contributed by atoms with Crippen molar-refractivity contribution in [3.8, 4) is 0 Å². The molecule has 154 valence electrons. The number of carbonyl (C=O) groups excluding carboxylic acids is 2. The van der Waals surface area contributed by atoms with Crippen LogP contribution in [-0.2, 0) is 19.1 Å². The van der Waals surface area contributed by atoms with E-state index in [9.17, 15) is 9.59 Å². The van der Waals surface area contributed by atoms with Crippen LogP contribution in [0.2, 0.25) is 0 Å². The third kappa shape index (κ3) is 2.94. The van der Waals surface area contributed by atoms with Gasteiger partial charge in [-0.3, -0.25) is 9.59 Å². The van der Waals surface area contributed by atoms with Gasteiger partial charge in [-0.2, -0.15) is 0 Å². The Labute approximate surface area is 165 Å². The minimum absolute atomic E-state index is 0.0818. The summed E-state index contributed by atoms with van der Waals surface area (Å²) in [6.07, 6.45) is 3.53. The van der Waals surface area contributed by atoms with Crippen molar-refractivity contribution < 1.29 is 19.1 Å². The van der Waals surface area contributed by atoms with Crippen molar-refractivity contribution >= 4 is 11.9 Å². The zero-order valence-corrected chi connectivity index (χ0v) is 18.5. The maximum atomic E-state index is 13.6. The first-order chi connectivity index (χ1) is 12.7. The van der Waals surface area contributed by atoms with Crippen molar-refractivity contribution in [2.75, 3.05) is 0 Å². The molecule has 4 atom stereocenters. The largest absolute Gasteiger partial charge is 0.463 e. The summed E-state index contributed by atoms with van der Waals surface area (Å²) in [5.41, 5.74) is 1.11. The van der Waals surface area contributed by atoms with Gasteiger partial charge in [-0.05, 0) is 71.6 Å². The number of hydrogen-bond donors (Lipinski definition) is 0. The molecule has 1 saturated carbocycles. The topological polar surface area (TPSA) is 52.6 Å². The van der Waals surface area contributed by atoms with E-state index in [1.165, 1.54) is 11.1 Å². The summed E-state index contributed by atoms with van der Waals surface area (Å²) in [6, 6.07) is 0. The SMILES string of the molecule is CCC1=C(CC)C2CC1C(CC)(C(=O)OC(C)C)C2(CC)C(=O)OC(C)C. The molecule has 2 aliphatic rings. The van der Waals surface area contributed by atoms with Gasteiger partial charge in [0.15, 0.2) is 0 Å². The maximum Gasteiger partial charge on any atom is 0.314 e. The van der Waals surface area contributed by atoms with Crippen molar-refractivity contribution in [3.63, 3.8) is 0 Å². The zero-order valence-electron chi connectivity index (χ0n) is 18.5. The third-order valence-electron chi connectivity index (χ3n) is 7.00. The Hall–Kier alpha value is -1.32. The minimum Gasteiger partial charge on any atom is -0.463 e. The first kappa shape index (κ1) is 22.0. The normalized spacial score (nSPS) is 32.5. The first-order valence-corrected chi connectivity index (χ1v) is 10.8. The Bertz CT molecular complexity index is 566. The van der Waals surface area contributed by atoms with E-state index in [0.717, 1.165) is 19.3 Å². The fraction of sp³-hybridized carbons (Fsp3) is 0.826. The molecule has 0 N–H and O–H groups in total. The molecule has 0 radical (unpaired) electrons. The van der Waals surface area contributed by atoms with E-state index in [0.29, 0.717) is 12.8 Å². The summed E-state index contributed by atoms with van der Waals surface area (Å²) in [7, 11) is 0. The average Bonchev–Trinajstić information content (AvgIpc) is 3.11. The van der Waals surface area contributed by atoms with Crippen LogP contribution in [0.25, 0.3) is 0 Å². The highest BCUT2D eigenvalue weighted by Gasteiger charge is 2.75. The molecular weight excluding hydrogens is 340 g/mol. The number of allylic oxidation sites excluding steroid dienone is 2. The van der Waals surface area contributed by atoms with Crippen LogP contribution in [0.4, 0.5) is 0 Å². The number of rotatable bonds is 8. The number of fused-ring (bicyclic) bond motifs is 2. The highest BCUT2D eigenvalue weighted by atomic mass is 16.6. The molecule has 0 aliphatic heterocycles. The number of hydrogen-bond acceptors (Lipinski definition) is 4. The lowest BCUT2D eigenvalue weighted by atomic mass is 9.52. The molecule has 0 aromatic carbocycles. The van der Waals surface area contributed by atoms with Gasteiger partial charge >= 0.3 is 11.9 Å². The summed E-state index contributed by atoms with van der Waals surface area (Å²) in [6.45, 7) is 15.9. The second kappa shape index (κ2) is 7.97. The summed E-state index contributed by atoms with van der Waals surface area (Å²) >= 11 is 0. The second-order valence-electron chi connectivity index (χ2n) is 8.66. The lowest BCUT2D eigenvalue weighted by molar-refractivity contribution is -0.190. The van der Waals surface area contributed by atoms with Gasteiger partial charge in [-0.25, -0.2) is 0 Å². The molecule has 27 heavy (non-hydrogen) atoms. The van der Waals surface area contributed by atoms with Gasteiger partial charge in [0, 0.05) is 0 Å². The van der Waals surface area contributed by atoms with Gasteiger partial charge in [0.1, 0.15) is 0 Å². The standard InChI is InChI=1S/C23H38O4/c1-9-16-17(10-2)19-13-18(16)22(11-3,20(24)26-14(5)6)23(19,12-4)21(25)27-15(7)8/h14-15,18-19H,9-13H2,1-8H3. The fourth-order valence-electron chi connectivity index (χ4n) is 6.23. The summed E-state index contributed by atoms with van der Waals surface area (Å²) in [4.78, 5) is 27.1. The predicted octanol–water partition coefficient (Wildman–Crippen LogP) is 5.45. The molecular formula is C23H38O4. The van der Waals surface area contributed by atoms with Crippen LogP contribution in [0, 0.1) is 22.7 Å². The minimum atomic E-state index is -0.827. The van der Waals surface area contributed by atoms with Crippen LogP contribution < -0.4 is 0 Å². The monoisotopic (exact) mass is 378 g/mol. The molecule has 0 aromatic rings. The highest BCUT2D eigenvalue weighted by Crippen LogP contribution is 2.72. The van der Waals surface area contributed by atoms with Crippen molar-refractivity contribution in [1.82, 2.24) is 0 Å². The Kier molecular flexibility index (Phi) is 6.48. The average molecular weight is 379 g/mol. The Morgan fingerprint density at radius 3 is 1.37 bits per heavy atom. The van der Waals surface area contributed by atoms with E-state index in [1.54, 1.807) is 0 Å². The predicted molar refractivity (Wildman–Crippen MR) is 107 cm³/mol. The molecule has 4 nitrogen and oxygen atoms in total. The molecule has 4 unspecified atom stereocenters. The van der Waals surface area contributed by atoms with E-state index in [1.807, 2.05) is 41.5 Å². The Morgan fingerprint density at radius 2 is 1.15 bits per heavy atom. The molecule has 2 aliphatic carbocycles. The maximum absolute atomic E-state index is 13.6. The van der Waals surface area contributed by atoms with Gasteiger partial charge in [-0.1, -0.05) is 38.8 Å². The lowest BCUT2D eigenvalue weighted by Gasteiger charge is -2.50. The van der Waals surface area contributed by atoms with E-state index in [-0.39, 0.29) is 36.0 Å². The molecule has 0 saturated heterocycles. The number of esters is 2. The molecule has 0 aromatic heterocycles. The van der Waals surface area contributed by atoms with Crippen molar-refractivity contribution in [2.45, 2.75) is 99.7 Å². The summed E-state index contributed by atoms with van der Waals surface area (Å²) in [5, 5.41) is 0. The Morgan fingerprint density at radius 1 is 0.815 bits per heavy atom. The molecule has 4 heteroatoms. The lowest BCUT2D eigenvalue weighted by Crippen LogP contribution is -2.57. The van der Waals surface area contributed by atoms with Gasteiger partial charge in [0.05, 0.1) is 23.0 Å². The second-order valence-corrected chi connectivity index (χ2v) is 8.66. The van der Waals surface area contributed by atoms with E-state index >= 15 is 0 Å². The van der Waals surface area contributed by atoms with Crippen LogP contribution in [0.5, 0.6) is 0 Å². The van der Waals surface area contributed by atoms with E-state index in [2.05, 4.69) is 13.8 Å². The number of ether oxygens (including phenoxy) is 2. The van der Waals surface area contributed by atoms with Gasteiger partial charge < -0.3 is 9.47 Å². The van der Waals surface area contributed by atoms with Crippen LogP contribution in [0.3, 0.4) is 0 Å². The van der Waals surface area contributed by atoms with Crippen LogP contribution in [0.15, 0.2) is 11.1 Å². The van der Waals surface area contributed by atoms with Crippen LogP contribution >= 0.6 is 0 Å². The molecule has 0 heterocycles. The molecule has 1 fully saturated rings. The van der Waals surface area contributed by atoms with Crippen molar-refractivity contribution in [2.24, 2.45) is 22.7 Å². The third-order valence-corrected chi connectivity index (χ3v) is 7.00. The zero-order chi connectivity index (χ0) is 20.6. The Balaban J connectivity index is 2.74.